The number of nitrogens with one attached hydrogen (secondary N) is 3. The van der Waals surface area contributed by atoms with Crippen LogP contribution in [-0.4, -0.2) is 58.4 Å². The van der Waals surface area contributed by atoms with Crippen molar-refractivity contribution in [3.05, 3.63) is 63.8 Å². The maximum absolute atomic E-state index is 12.6. The average Bonchev–Trinajstić information content (AvgIpc) is 2.78. The van der Waals surface area contributed by atoms with E-state index in [1.807, 2.05) is 18.2 Å². The van der Waals surface area contributed by atoms with Gasteiger partial charge in [-0.15, -0.1) is 0 Å². The maximum atomic E-state index is 12.6. The van der Waals surface area contributed by atoms with Gasteiger partial charge in [-0.2, -0.15) is 0 Å². The van der Waals surface area contributed by atoms with E-state index >= 15 is 0 Å². The lowest BCUT2D eigenvalue weighted by atomic mass is 9.93. The second-order valence-electron chi connectivity index (χ2n) is 8.64. The van der Waals surface area contributed by atoms with E-state index in [-0.39, 0.29) is 23.2 Å². The van der Waals surface area contributed by atoms with Crippen molar-refractivity contribution in [3.8, 4) is 0 Å². The molecule has 1 aromatic carbocycles. The monoisotopic (exact) mass is 432 g/mol. The molecule has 1 atom stereocenters. The van der Waals surface area contributed by atoms with Gasteiger partial charge in [0.2, 0.25) is 0 Å². The first kappa shape index (κ1) is 20.8. The first-order chi connectivity index (χ1) is 15.6. The minimum atomic E-state index is -0.278. The smallest absolute Gasteiger partial charge is 0.261 e. The van der Waals surface area contributed by atoms with Crippen LogP contribution in [0.5, 0.6) is 0 Å². The number of H-pyrrole nitrogens is 1. The van der Waals surface area contributed by atoms with Crippen LogP contribution in [-0.2, 0) is 4.74 Å². The molecular weight excluding hydrogens is 404 g/mol. The van der Waals surface area contributed by atoms with Crippen molar-refractivity contribution in [2.24, 2.45) is 0 Å². The molecule has 0 saturated carbocycles. The average molecular weight is 433 g/mol. The van der Waals surface area contributed by atoms with Crippen molar-refractivity contribution in [2.75, 3.05) is 31.6 Å². The van der Waals surface area contributed by atoms with Gasteiger partial charge in [0.1, 0.15) is 11.6 Å². The van der Waals surface area contributed by atoms with Gasteiger partial charge in [-0.05, 0) is 31.9 Å². The highest BCUT2D eigenvalue weighted by Gasteiger charge is 2.34. The number of nitrogens with zero attached hydrogens (tertiary/aromatic N) is 3. The van der Waals surface area contributed by atoms with Crippen molar-refractivity contribution in [3.63, 3.8) is 0 Å². The molecule has 32 heavy (non-hydrogen) atoms. The number of ether oxygens (including phenoxy) is 1. The Morgan fingerprint density at radius 1 is 1.19 bits per heavy atom. The number of benzene rings is 1. The van der Waals surface area contributed by atoms with Gasteiger partial charge in [0.05, 0.1) is 17.1 Å². The Hall–Kier alpha value is -3.10. The molecule has 0 spiro atoms. The van der Waals surface area contributed by atoms with Crippen LogP contribution in [0.15, 0.2) is 41.2 Å². The zero-order valence-electron chi connectivity index (χ0n) is 18.2. The second-order valence-corrected chi connectivity index (χ2v) is 8.64. The SMILES string of the molecule is CC(c1nc(NC2CCOCC2)c(C=N)c(=O)[nH]1)N1CC(c2ccc3ccccc3n2)C1. The number of fused-ring (bicyclic) bond motifs is 1. The highest BCUT2D eigenvalue weighted by molar-refractivity contribution is 5.83. The Bertz CT molecular complexity index is 1180. The summed E-state index contributed by atoms with van der Waals surface area (Å²) in [6, 6.07) is 12.6. The lowest BCUT2D eigenvalue weighted by molar-refractivity contribution is 0.0900. The molecule has 0 bridgehead atoms. The predicted octanol–water partition coefficient (Wildman–Crippen LogP) is 3.07. The van der Waals surface area contributed by atoms with E-state index < -0.39 is 0 Å². The fourth-order valence-electron chi connectivity index (χ4n) is 4.47. The molecule has 8 heteroatoms. The number of para-hydroxylation sites is 1. The number of aromatic amines is 1. The van der Waals surface area contributed by atoms with E-state index in [4.69, 9.17) is 20.1 Å². The van der Waals surface area contributed by atoms with Crippen LogP contribution in [0.1, 0.15) is 48.8 Å². The zero-order valence-corrected chi connectivity index (χ0v) is 18.2. The summed E-state index contributed by atoms with van der Waals surface area (Å²) in [6.45, 7) is 5.19. The number of pyridine rings is 1. The number of hydrogen-bond acceptors (Lipinski definition) is 7. The molecule has 5 rings (SSSR count). The summed E-state index contributed by atoms with van der Waals surface area (Å²) in [5.74, 6) is 1.49. The van der Waals surface area contributed by atoms with Gasteiger partial charge >= 0.3 is 0 Å². The molecular formula is C24H28N6O2. The van der Waals surface area contributed by atoms with Crippen molar-refractivity contribution in [1.29, 1.82) is 5.41 Å². The first-order valence-electron chi connectivity index (χ1n) is 11.2. The fourth-order valence-corrected chi connectivity index (χ4v) is 4.47. The highest BCUT2D eigenvalue weighted by atomic mass is 16.5. The van der Waals surface area contributed by atoms with Gasteiger partial charge in [-0.3, -0.25) is 14.7 Å². The van der Waals surface area contributed by atoms with Gasteiger partial charge < -0.3 is 20.4 Å². The molecule has 166 valence electrons. The van der Waals surface area contributed by atoms with E-state index in [1.54, 1.807) is 0 Å². The summed E-state index contributed by atoms with van der Waals surface area (Å²) in [6.07, 6.45) is 2.81. The van der Waals surface area contributed by atoms with E-state index in [0.717, 1.165) is 48.7 Å². The molecule has 3 N–H and O–H groups in total. The van der Waals surface area contributed by atoms with E-state index in [2.05, 4.69) is 40.3 Å². The van der Waals surface area contributed by atoms with Crippen LogP contribution in [0.4, 0.5) is 5.82 Å². The molecule has 2 aliphatic heterocycles. The van der Waals surface area contributed by atoms with Crippen LogP contribution in [0.2, 0.25) is 0 Å². The molecule has 4 heterocycles. The molecule has 2 fully saturated rings. The van der Waals surface area contributed by atoms with Gasteiger partial charge in [0, 0.05) is 55.6 Å². The summed E-state index contributed by atoms with van der Waals surface area (Å²) in [5.41, 5.74) is 2.12. The summed E-state index contributed by atoms with van der Waals surface area (Å²) in [7, 11) is 0. The van der Waals surface area contributed by atoms with Crippen LogP contribution in [0.25, 0.3) is 10.9 Å². The molecule has 0 amide bonds. The first-order valence-corrected chi connectivity index (χ1v) is 11.2. The molecule has 0 aliphatic carbocycles. The van der Waals surface area contributed by atoms with E-state index in [1.165, 1.54) is 0 Å². The topological polar surface area (TPSA) is 107 Å². The van der Waals surface area contributed by atoms with Crippen LogP contribution in [0, 0.1) is 5.41 Å². The minimum absolute atomic E-state index is 0.0329. The van der Waals surface area contributed by atoms with Crippen molar-refractivity contribution in [1.82, 2.24) is 19.9 Å². The number of rotatable bonds is 6. The molecule has 2 aliphatic rings. The molecule has 1 unspecified atom stereocenters. The number of likely N-dealkylation sites (tertiary alicyclic amines) is 1. The van der Waals surface area contributed by atoms with Crippen molar-refractivity contribution >= 4 is 22.9 Å². The zero-order chi connectivity index (χ0) is 22.1. The Morgan fingerprint density at radius 3 is 2.75 bits per heavy atom. The minimum Gasteiger partial charge on any atom is -0.381 e. The van der Waals surface area contributed by atoms with Gasteiger partial charge in [-0.25, -0.2) is 4.98 Å². The van der Waals surface area contributed by atoms with Crippen molar-refractivity contribution < 1.29 is 4.74 Å². The van der Waals surface area contributed by atoms with Crippen LogP contribution in [0.3, 0.4) is 0 Å². The normalized spacial score (nSPS) is 18.9. The third-order valence-electron chi connectivity index (χ3n) is 6.57. The quantitative estimate of drug-likeness (QED) is 0.517. The lowest BCUT2D eigenvalue weighted by Crippen LogP contribution is -2.47. The Kier molecular flexibility index (Phi) is 5.71. The summed E-state index contributed by atoms with van der Waals surface area (Å²) < 4.78 is 5.42. The number of aromatic nitrogens is 3. The molecule has 8 nitrogen and oxygen atoms in total. The summed E-state index contributed by atoms with van der Waals surface area (Å²) >= 11 is 0. The van der Waals surface area contributed by atoms with Crippen molar-refractivity contribution in [2.45, 2.75) is 37.8 Å². The fraction of sp³-hybridized carbons (Fsp3) is 0.417. The molecule has 2 aromatic heterocycles. The Balaban J connectivity index is 1.31. The third kappa shape index (κ3) is 4.03. The molecule has 2 saturated heterocycles. The predicted molar refractivity (Wildman–Crippen MR) is 125 cm³/mol. The molecule has 0 radical (unpaired) electrons. The van der Waals surface area contributed by atoms with Gasteiger partial charge in [0.25, 0.3) is 5.56 Å². The molecule has 3 aromatic rings. The van der Waals surface area contributed by atoms with E-state index in [0.29, 0.717) is 30.8 Å². The Morgan fingerprint density at radius 2 is 1.97 bits per heavy atom. The third-order valence-corrected chi connectivity index (χ3v) is 6.57. The summed E-state index contributed by atoms with van der Waals surface area (Å²) in [4.78, 5) is 27.4. The van der Waals surface area contributed by atoms with Crippen LogP contribution >= 0.6 is 0 Å². The highest BCUT2D eigenvalue weighted by Crippen LogP contribution is 2.33. The maximum Gasteiger partial charge on any atom is 0.261 e. The van der Waals surface area contributed by atoms with E-state index in [9.17, 15) is 4.79 Å². The standard InChI is InChI=1S/C24H28N6O2/c1-15(30-13-17(14-30)21-7-6-16-4-2-3-5-20(16)27-21)22-28-23(19(12-25)24(31)29-22)26-18-8-10-32-11-9-18/h2-7,12,15,17-18,25H,8-11,13-14H2,1H3,(H2,26,28,29,31). The largest absolute Gasteiger partial charge is 0.381 e. The lowest BCUT2D eigenvalue weighted by Gasteiger charge is -2.42. The van der Waals surface area contributed by atoms with Gasteiger partial charge in [0.15, 0.2) is 0 Å². The number of anilines is 1. The second kappa shape index (κ2) is 8.80. The Labute approximate surface area is 186 Å². The van der Waals surface area contributed by atoms with Crippen LogP contribution < -0.4 is 10.9 Å². The number of hydrogen-bond donors (Lipinski definition) is 3. The van der Waals surface area contributed by atoms with Gasteiger partial charge in [-0.1, -0.05) is 24.3 Å². The summed E-state index contributed by atoms with van der Waals surface area (Å²) in [5, 5.41) is 12.2.